The molecule has 0 atom stereocenters. The highest BCUT2D eigenvalue weighted by atomic mass is 16.2. The number of nitrogens with zero attached hydrogens (tertiary/aromatic N) is 1. The van der Waals surface area contributed by atoms with Crippen molar-refractivity contribution in [3.63, 3.8) is 0 Å². The number of ketones is 1. The van der Waals surface area contributed by atoms with Crippen LogP contribution in [0.3, 0.4) is 0 Å². The lowest BCUT2D eigenvalue weighted by molar-refractivity contribution is 0.101. The Morgan fingerprint density at radius 1 is 1.20 bits per heavy atom. The second-order valence-corrected chi connectivity index (χ2v) is 5.47. The van der Waals surface area contributed by atoms with Crippen molar-refractivity contribution in [2.24, 2.45) is 0 Å². The fourth-order valence-corrected chi connectivity index (χ4v) is 2.66. The molecule has 0 heterocycles. The molecule has 0 bridgehead atoms. The summed E-state index contributed by atoms with van der Waals surface area (Å²) in [6.45, 7) is 1.52. The van der Waals surface area contributed by atoms with Crippen LogP contribution in [0.1, 0.15) is 49.4 Å². The zero-order chi connectivity index (χ0) is 14.5. The predicted molar refractivity (Wildman–Crippen MR) is 80.1 cm³/mol. The zero-order valence-electron chi connectivity index (χ0n) is 12.2. The van der Waals surface area contributed by atoms with Gasteiger partial charge in [-0.1, -0.05) is 31.4 Å². The van der Waals surface area contributed by atoms with Crippen molar-refractivity contribution < 1.29 is 9.59 Å². The molecule has 1 aliphatic carbocycles. The maximum Gasteiger partial charge on any atom is 0.321 e. The van der Waals surface area contributed by atoms with E-state index >= 15 is 0 Å². The minimum atomic E-state index is -0.0994. The van der Waals surface area contributed by atoms with Gasteiger partial charge in [0, 0.05) is 24.3 Å². The van der Waals surface area contributed by atoms with Crippen LogP contribution in [-0.4, -0.2) is 29.8 Å². The molecule has 4 nitrogen and oxygen atoms in total. The molecule has 1 aromatic rings. The number of nitrogens with one attached hydrogen (secondary N) is 1. The Kier molecular flexibility index (Phi) is 4.77. The lowest BCUT2D eigenvalue weighted by atomic mass is 9.95. The van der Waals surface area contributed by atoms with Crippen LogP contribution in [-0.2, 0) is 0 Å². The van der Waals surface area contributed by atoms with Gasteiger partial charge in [0.05, 0.1) is 0 Å². The molecule has 4 heteroatoms. The van der Waals surface area contributed by atoms with Gasteiger partial charge in [-0.2, -0.15) is 0 Å². The molecule has 1 aromatic carbocycles. The SMILES string of the molecule is CC(=O)c1cccc(NC(=O)N(C)C2CCCCC2)c1. The summed E-state index contributed by atoms with van der Waals surface area (Å²) < 4.78 is 0. The van der Waals surface area contributed by atoms with Crippen molar-refractivity contribution in [1.82, 2.24) is 4.90 Å². The molecular weight excluding hydrogens is 252 g/mol. The molecule has 0 aromatic heterocycles. The largest absolute Gasteiger partial charge is 0.325 e. The Morgan fingerprint density at radius 3 is 2.55 bits per heavy atom. The van der Waals surface area contributed by atoms with Gasteiger partial charge >= 0.3 is 6.03 Å². The monoisotopic (exact) mass is 274 g/mol. The summed E-state index contributed by atoms with van der Waals surface area (Å²) in [4.78, 5) is 25.4. The molecule has 20 heavy (non-hydrogen) atoms. The first-order valence-electron chi connectivity index (χ1n) is 7.23. The molecular formula is C16H22N2O2. The summed E-state index contributed by atoms with van der Waals surface area (Å²) in [6.07, 6.45) is 5.83. The van der Waals surface area contributed by atoms with Gasteiger partial charge in [-0.3, -0.25) is 4.79 Å². The lowest BCUT2D eigenvalue weighted by Crippen LogP contribution is -2.40. The molecule has 1 saturated carbocycles. The smallest absolute Gasteiger partial charge is 0.321 e. The van der Waals surface area contributed by atoms with Gasteiger partial charge < -0.3 is 10.2 Å². The Morgan fingerprint density at radius 2 is 1.90 bits per heavy atom. The van der Waals surface area contributed by atoms with Gasteiger partial charge in [0.1, 0.15) is 0 Å². The minimum Gasteiger partial charge on any atom is -0.325 e. The van der Waals surface area contributed by atoms with Crippen LogP contribution in [0.2, 0.25) is 0 Å². The number of carbonyl (C=O) groups excluding carboxylic acids is 2. The second kappa shape index (κ2) is 6.55. The van der Waals surface area contributed by atoms with Crippen LogP contribution in [0.4, 0.5) is 10.5 Å². The molecule has 2 amide bonds. The third-order valence-corrected chi connectivity index (χ3v) is 3.96. The number of benzene rings is 1. The van der Waals surface area contributed by atoms with Crippen molar-refractivity contribution in [2.75, 3.05) is 12.4 Å². The average Bonchev–Trinajstić information content (AvgIpc) is 2.47. The third kappa shape index (κ3) is 3.59. The van der Waals surface area contributed by atoms with E-state index in [0.717, 1.165) is 12.8 Å². The van der Waals surface area contributed by atoms with Gasteiger partial charge in [-0.25, -0.2) is 4.79 Å². The van der Waals surface area contributed by atoms with Crippen molar-refractivity contribution in [2.45, 2.75) is 45.1 Å². The standard InChI is InChI=1S/C16H22N2O2/c1-12(19)13-7-6-8-14(11-13)17-16(20)18(2)15-9-4-3-5-10-15/h6-8,11,15H,3-5,9-10H2,1-2H3,(H,17,20). The Bertz CT molecular complexity index is 493. The molecule has 1 fully saturated rings. The van der Waals surface area contributed by atoms with E-state index in [2.05, 4.69) is 5.32 Å². The van der Waals surface area contributed by atoms with Gasteiger partial charge in [-0.05, 0) is 31.9 Å². The first-order chi connectivity index (χ1) is 9.58. The number of Topliss-reactive ketones (excluding diaryl/α,β-unsaturated/α-hetero) is 1. The van der Waals surface area contributed by atoms with Crippen molar-refractivity contribution >= 4 is 17.5 Å². The summed E-state index contributed by atoms with van der Waals surface area (Å²) >= 11 is 0. The van der Waals surface area contributed by atoms with Crippen LogP contribution >= 0.6 is 0 Å². The normalized spacial score (nSPS) is 15.7. The molecule has 0 saturated heterocycles. The van der Waals surface area contributed by atoms with Crippen LogP contribution in [0, 0.1) is 0 Å². The topological polar surface area (TPSA) is 49.4 Å². The number of hydrogen-bond donors (Lipinski definition) is 1. The highest BCUT2D eigenvalue weighted by Crippen LogP contribution is 2.22. The molecule has 0 spiro atoms. The van der Waals surface area contributed by atoms with E-state index in [4.69, 9.17) is 0 Å². The van der Waals surface area contributed by atoms with E-state index in [-0.39, 0.29) is 11.8 Å². The zero-order valence-corrected chi connectivity index (χ0v) is 12.2. The van der Waals surface area contributed by atoms with Crippen LogP contribution in [0.15, 0.2) is 24.3 Å². The third-order valence-electron chi connectivity index (χ3n) is 3.96. The highest BCUT2D eigenvalue weighted by molar-refractivity contribution is 5.96. The summed E-state index contributed by atoms with van der Waals surface area (Å²) in [5.74, 6) is 0.00161. The number of hydrogen-bond acceptors (Lipinski definition) is 2. The number of anilines is 1. The molecule has 2 rings (SSSR count). The van der Waals surface area contributed by atoms with Crippen molar-refractivity contribution in [3.8, 4) is 0 Å². The van der Waals surface area contributed by atoms with Crippen LogP contribution in [0.5, 0.6) is 0 Å². The molecule has 1 aliphatic rings. The molecule has 0 aliphatic heterocycles. The van der Waals surface area contributed by atoms with Crippen LogP contribution in [0.25, 0.3) is 0 Å². The first-order valence-corrected chi connectivity index (χ1v) is 7.23. The van der Waals surface area contributed by atoms with Gasteiger partial charge in [0.15, 0.2) is 5.78 Å². The first kappa shape index (κ1) is 14.6. The average molecular weight is 274 g/mol. The van der Waals surface area contributed by atoms with E-state index in [0.29, 0.717) is 17.3 Å². The van der Waals surface area contributed by atoms with E-state index in [1.165, 1.54) is 26.2 Å². The fourth-order valence-electron chi connectivity index (χ4n) is 2.66. The Balaban J connectivity index is 1.99. The van der Waals surface area contributed by atoms with Gasteiger partial charge in [0.25, 0.3) is 0 Å². The summed E-state index contributed by atoms with van der Waals surface area (Å²) in [5.41, 5.74) is 1.29. The second-order valence-electron chi connectivity index (χ2n) is 5.47. The quantitative estimate of drug-likeness (QED) is 0.855. The maximum atomic E-state index is 12.2. The van der Waals surface area contributed by atoms with Crippen LogP contribution < -0.4 is 5.32 Å². The summed E-state index contributed by atoms with van der Waals surface area (Å²) in [5, 5.41) is 2.87. The Labute approximate surface area is 120 Å². The van der Waals surface area contributed by atoms with Gasteiger partial charge in [0.2, 0.25) is 0 Å². The lowest BCUT2D eigenvalue weighted by Gasteiger charge is -2.31. The molecule has 0 radical (unpaired) electrons. The number of urea groups is 1. The summed E-state index contributed by atoms with van der Waals surface area (Å²) in [6, 6.07) is 7.29. The number of rotatable bonds is 3. The Hall–Kier alpha value is -1.84. The summed E-state index contributed by atoms with van der Waals surface area (Å²) in [7, 11) is 1.85. The molecule has 108 valence electrons. The molecule has 1 N–H and O–H groups in total. The number of amides is 2. The molecule has 0 unspecified atom stereocenters. The van der Waals surface area contributed by atoms with E-state index < -0.39 is 0 Å². The van der Waals surface area contributed by atoms with E-state index in [1.807, 2.05) is 7.05 Å². The number of carbonyl (C=O) groups is 2. The predicted octanol–water partition coefficient (Wildman–Crippen LogP) is 3.69. The maximum absolute atomic E-state index is 12.2. The van der Waals surface area contributed by atoms with Crippen molar-refractivity contribution in [1.29, 1.82) is 0 Å². The minimum absolute atomic E-state index is 0.00161. The van der Waals surface area contributed by atoms with E-state index in [9.17, 15) is 9.59 Å². The highest BCUT2D eigenvalue weighted by Gasteiger charge is 2.22. The van der Waals surface area contributed by atoms with Crippen molar-refractivity contribution in [3.05, 3.63) is 29.8 Å². The van der Waals surface area contributed by atoms with Gasteiger partial charge in [-0.15, -0.1) is 0 Å². The fraction of sp³-hybridized carbons (Fsp3) is 0.500. The van der Waals surface area contributed by atoms with E-state index in [1.54, 1.807) is 29.2 Å².